The van der Waals surface area contributed by atoms with E-state index in [9.17, 15) is 4.79 Å². The molecule has 0 aromatic rings. The van der Waals surface area contributed by atoms with E-state index in [1.165, 1.54) is 0 Å². The Morgan fingerprint density at radius 1 is 1.62 bits per heavy atom. The minimum Gasteiger partial charge on any atom is -0.376 e. The maximum absolute atomic E-state index is 11.4. The smallest absolute Gasteiger partial charge is 0.238 e. The molecule has 1 aliphatic rings. The molecule has 3 unspecified atom stereocenters. The molecule has 1 rings (SSSR count). The predicted octanol–water partition coefficient (Wildman–Crippen LogP) is -0.441. The van der Waals surface area contributed by atoms with Crippen LogP contribution in [0.2, 0.25) is 0 Å². The van der Waals surface area contributed by atoms with E-state index in [0.29, 0.717) is 19.2 Å². The molecule has 0 spiro atoms. The Hall–Kier alpha value is -0.650. The van der Waals surface area contributed by atoms with Gasteiger partial charge >= 0.3 is 0 Å². The van der Waals surface area contributed by atoms with Gasteiger partial charge in [0, 0.05) is 19.1 Å². The quantitative estimate of drug-likeness (QED) is 0.686. The van der Waals surface area contributed by atoms with Crippen LogP contribution in [0.15, 0.2) is 0 Å². The number of carbonyl (C=O) groups excluding carboxylic acids is 1. The second kappa shape index (κ2) is 5.12. The van der Waals surface area contributed by atoms with Crippen molar-refractivity contribution in [3.8, 4) is 0 Å². The Balaban J connectivity index is 2.66. The molecule has 1 fully saturated rings. The van der Waals surface area contributed by atoms with Gasteiger partial charge in [0.1, 0.15) is 5.54 Å². The zero-order valence-electron chi connectivity index (χ0n) is 10.6. The van der Waals surface area contributed by atoms with E-state index in [1.54, 1.807) is 7.05 Å². The molecule has 1 amide bonds. The number of hydrogen-bond acceptors (Lipinski definition) is 4. The summed E-state index contributed by atoms with van der Waals surface area (Å²) in [7, 11) is 1.76. The number of nitrogens with one attached hydrogen (secondary N) is 1. The minimum absolute atomic E-state index is 0.213. The van der Waals surface area contributed by atoms with Gasteiger partial charge in [-0.05, 0) is 27.8 Å². The van der Waals surface area contributed by atoms with Crippen LogP contribution in [0, 0.1) is 0 Å². The number of hydrogen-bond donors (Lipinski definition) is 2. The summed E-state index contributed by atoms with van der Waals surface area (Å²) < 4.78 is 5.55. The number of amides is 1. The molecule has 0 bridgehead atoms. The highest BCUT2D eigenvalue weighted by Gasteiger charge is 2.35. The number of carbonyl (C=O) groups is 1. The normalized spacial score (nSPS) is 31.0. The Kier molecular flexibility index (Phi) is 4.29. The number of nitrogens with two attached hydrogens (primary N) is 1. The molecule has 3 atom stereocenters. The van der Waals surface area contributed by atoms with Crippen molar-refractivity contribution in [2.75, 3.05) is 26.7 Å². The van der Waals surface area contributed by atoms with E-state index in [1.807, 2.05) is 13.8 Å². The van der Waals surface area contributed by atoms with Crippen LogP contribution >= 0.6 is 0 Å². The lowest BCUT2D eigenvalue weighted by Gasteiger charge is -2.41. The van der Waals surface area contributed by atoms with Gasteiger partial charge in [-0.25, -0.2) is 0 Å². The first-order valence-corrected chi connectivity index (χ1v) is 5.73. The highest BCUT2D eigenvalue weighted by atomic mass is 16.5. The third-order valence-corrected chi connectivity index (χ3v) is 3.35. The van der Waals surface area contributed by atoms with Crippen LogP contribution in [0.3, 0.4) is 0 Å². The fourth-order valence-electron chi connectivity index (χ4n) is 1.88. The van der Waals surface area contributed by atoms with Crippen LogP contribution in [-0.4, -0.2) is 55.2 Å². The highest BCUT2D eigenvalue weighted by Crippen LogP contribution is 2.15. The molecular weight excluding hydrogens is 206 g/mol. The average molecular weight is 229 g/mol. The summed E-state index contributed by atoms with van der Waals surface area (Å²) in [5, 5.41) is 3.00. The monoisotopic (exact) mass is 229 g/mol. The summed E-state index contributed by atoms with van der Waals surface area (Å²) in [6.45, 7) is 8.14. The molecule has 0 radical (unpaired) electrons. The zero-order chi connectivity index (χ0) is 12.3. The predicted molar refractivity (Wildman–Crippen MR) is 63.1 cm³/mol. The molecule has 0 aromatic heterocycles. The fourth-order valence-corrected chi connectivity index (χ4v) is 1.88. The Bertz CT molecular complexity index is 260. The summed E-state index contributed by atoms with van der Waals surface area (Å²) in [5.74, 6) is -0.318. The maximum Gasteiger partial charge on any atom is 0.238 e. The molecule has 5 nitrogen and oxygen atoms in total. The molecule has 94 valence electrons. The SMILES string of the molecule is CNC(C)(CN1CC(C)OCC1C)C(N)=O. The fraction of sp³-hybridized carbons (Fsp3) is 0.909. The van der Waals surface area contributed by atoms with E-state index in [0.717, 1.165) is 6.54 Å². The number of rotatable bonds is 4. The maximum atomic E-state index is 11.4. The Labute approximate surface area is 97.3 Å². The van der Waals surface area contributed by atoms with Gasteiger partial charge in [0.25, 0.3) is 0 Å². The van der Waals surface area contributed by atoms with Crippen LogP contribution in [0.5, 0.6) is 0 Å². The molecule has 0 aliphatic carbocycles. The van der Waals surface area contributed by atoms with Crippen molar-refractivity contribution in [2.45, 2.75) is 38.5 Å². The van der Waals surface area contributed by atoms with E-state index in [-0.39, 0.29) is 12.0 Å². The second-order valence-corrected chi connectivity index (χ2v) is 4.87. The van der Waals surface area contributed by atoms with Crippen LogP contribution in [0.1, 0.15) is 20.8 Å². The van der Waals surface area contributed by atoms with Crippen molar-refractivity contribution >= 4 is 5.91 Å². The molecule has 5 heteroatoms. The Morgan fingerprint density at radius 3 is 2.75 bits per heavy atom. The lowest BCUT2D eigenvalue weighted by molar-refractivity contribution is -0.126. The van der Waals surface area contributed by atoms with Gasteiger partial charge in [0.2, 0.25) is 5.91 Å². The standard InChI is InChI=1S/C11H23N3O2/c1-8-6-16-9(2)5-14(8)7-11(3,13-4)10(12)15/h8-9,13H,5-7H2,1-4H3,(H2,12,15). The van der Waals surface area contributed by atoms with Crippen LogP contribution in [-0.2, 0) is 9.53 Å². The zero-order valence-corrected chi connectivity index (χ0v) is 10.6. The van der Waals surface area contributed by atoms with E-state index < -0.39 is 5.54 Å². The van der Waals surface area contributed by atoms with Gasteiger partial charge in [-0.15, -0.1) is 0 Å². The van der Waals surface area contributed by atoms with Crippen LogP contribution in [0.25, 0.3) is 0 Å². The van der Waals surface area contributed by atoms with E-state index >= 15 is 0 Å². The van der Waals surface area contributed by atoms with Gasteiger partial charge in [-0.3, -0.25) is 9.69 Å². The van der Waals surface area contributed by atoms with Crippen molar-refractivity contribution in [2.24, 2.45) is 5.73 Å². The largest absolute Gasteiger partial charge is 0.376 e. The molecule has 16 heavy (non-hydrogen) atoms. The topological polar surface area (TPSA) is 67.6 Å². The van der Waals surface area contributed by atoms with Crippen LogP contribution < -0.4 is 11.1 Å². The first-order chi connectivity index (χ1) is 7.39. The van der Waals surface area contributed by atoms with Crippen molar-refractivity contribution in [1.29, 1.82) is 0 Å². The number of nitrogens with zero attached hydrogens (tertiary/aromatic N) is 1. The molecule has 3 N–H and O–H groups in total. The summed E-state index contributed by atoms with van der Waals surface area (Å²) >= 11 is 0. The third-order valence-electron chi connectivity index (χ3n) is 3.35. The molecule has 0 saturated carbocycles. The molecule has 0 aromatic carbocycles. The van der Waals surface area contributed by atoms with E-state index in [2.05, 4.69) is 17.1 Å². The van der Waals surface area contributed by atoms with Crippen molar-refractivity contribution in [3.63, 3.8) is 0 Å². The van der Waals surface area contributed by atoms with Gasteiger partial charge in [0.15, 0.2) is 0 Å². The average Bonchev–Trinajstić information content (AvgIpc) is 2.23. The number of likely N-dealkylation sites (N-methyl/N-ethyl adjacent to an activating group) is 1. The first-order valence-electron chi connectivity index (χ1n) is 5.73. The lowest BCUT2D eigenvalue weighted by Crippen LogP contribution is -2.61. The van der Waals surface area contributed by atoms with Gasteiger partial charge in [-0.1, -0.05) is 0 Å². The van der Waals surface area contributed by atoms with Gasteiger partial charge in [0.05, 0.1) is 12.7 Å². The van der Waals surface area contributed by atoms with Crippen molar-refractivity contribution in [1.82, 2.24) is 10.2 Å². The number of morpholine rings is 1. The van der Waals surface area contributed by atoms with Crippen molar-refractivity contribution in [3.05, 3.63) is 0 Å². The molecule has 1 aliphatic heterocycles. The molecular formula is C11H23N3O2. The second-order valence-electron chi connectivity index (χ2n) is 4.87. The third kappa shape index (κ3) is 2.93. The van der Waals surface area contributed by atoms with E-state index in [4.69, 9.17) is 10.5 Å². The lowest BCUT2D eigenvalue weighted by atomic mass is 9.99. The molecule has 1 saturated heterocycles. The minimum atomic E-state index is -0.675. The highest BCUT2D eigenvalue weighted by molar-refractivity contribution is 5.84. The van der Waals surface area contributed by atoms with Gasteiger partial charge < -0.3 is 15.8 Å². The summed E-state index contributed by atoms with van der Waals surface area (Å²) in [6, 6.07) is 0.322. The van der Waals surface area contributed by atoms with Crippen molar-refractivity contribution < 1.29 is 9.53 Å². The summed E-state index contributed by atoms with van der Waals surface area (Å²) in [4.78, 5) is 13.7. The summed E-state index contributed by atoms with van der Waals surface area (Å²) in [5.41, 5.74) is 4.74. The van der Waals surface area contributed by atoms with Gasteiger partial charge in [-0.2, -0.15) is 0 Å². The van der Waals surface area contributed by atoms with Crippen LogP contribution in [0.4, 0.5) is 0 Å². The molecule has 1 heterocycles. The first kappa shape index (κ1) is 13.4. The Morgan fingerprint density at radius 2 is 2.25 bits per heavy atom. The number of ether oxygens (including phenoxy) is 1. The number of primary amides is 1. The summed E-state index contributed by atoms with van der Waals surface area (Å²) in [6.07, 6.45) is 0.213.